The van der Waals surface area contributed by atoms with E-state index in [-0.39, 0.29) is 11.6 Å². The quantitative estimate of drug-likeness (QED) is 0.874. The number of halogens is 1. The Labute approximate surface area is 113 Å². The maximum atomic E-state index is 13.2. The van der Waals surface area contributed by atoms with Crippen LogP contribution >= 0.6 is 11.8 Å². The first-order valence-corrected chi connectivity index (χ1v) is 7.16. The van der Waals surface area contributed by atoms with Crippen LogP contribution in [0.15, 0.2) is 23.4 Å². The van der Waals surface area contributed by atoms with E-state index in [1.165, 1.54) is 30.3 Å². The van der Waals surface area contributed by atoms with Crippen LogP contribution in [0.5, 0.6) is 0 Å². The van der Waals surface area contributed by atoms with Crippen molar-refractivity contribution < 1.29 is 14.3 Å². The number of carbonyl (C=O) groups is 1. The fourth-order valence-electron chi connectivity index (χ4n) is 2.28. The Morgan fingerprint density at radius 3 is 2.95 bits per heavy atom. The third kappa shape index (κ3) is 2.32. The first-order valence-electron chi connectivity index (χ1n) is 6.17. The zero-order valence-electron chi connectivity index (χ0n) is 10.2. The Morgan fingerprint density at radius 2 is 2.32 bits per heavy atom. The summed E-state index contributed by atoms with van der Waals surface area (Å²) >= 11 is 1.19. The van der Waals surface area contributed by atoms with Gasteiger partial charge in [-0.3, -0.25) is 4.79 Å². The fraction of sp³-hybridized carbons (Fsp3) is 0.385. The average Bonchev–Trinajstić information content (AvgIpc) is 2.62. The molecule has 0 aliphatic heterocycles. The number of carboxylic acids is 1. The number of nitrogens with zero attached hydrogens (tertiary/aromatic N) is 2. The van der Waals surface area contributed by atoms with Crippen molar-refractivity contribution in [1.29, 1.82) is 0 Å². The second-order valence-corrected chi connectivity index (χ2v) is 5.61. The molecule has 1 N–H and O–H groups in total. The van der Waals surface area contributed by atoms with Gasteiger partial charge >= 0.3 is 5.97 Å². The second-order valence-electron chi connectivity index (χ2n) is 4.66. The molecule has 3 rings (SSSR count). The predicted molar refractivity (Wildman–Crippen MR) is 70.9 cm³/mol. The van der Waals surface area contributed by atoms with E-state index in [0.717, 1.165) is 18.4 Å². The molecule has 1 saturated carbocycles. The van der Waals surface area contributed by atoms with Crippen LogP contribution in [0.3, 0.4) is 0 Å². The van der Waals surface area contributed by atoms with E-state index < -0.39 is 5.97 Å². The van der Waals surface area contributed by atoms with Gasteiger partial charge in [-0.1, -0.05) is 11.8 Å². The number of imidazole rings is 1. The van der Waals surface area contributed by atoms with Crippen molar-refractivity contribution in [3.05, 3.63) is 24.0 Å². The molecule has 100 valence electrons. The lowest BCUT2D eigenvalue weighted by molar-refractivity contribution is -0.133. The van der Waals surface area contributed by atoms with Gasteiger partial charge in [0.15, 0.2) is 5.16 Å². The summed E-state index contributed by atoms with van der Waals surface area (Å²) in [4.78, 5) is 15.1. The normalized spacial score (nSPS) is 15.6. The predicted octanol–water partition coefficient (Wildman–Crippen LogP) is 3.08. The van der Waals surface area contributed by atoms with Gasteiger partial charge in [-0.25, -0.2) is 9.37 Å². The summed E-state index contributed by atoms with van der Waals surface area (Å²) in [7, 11) is 0. The van der Waals surface area contributed by atoms with Crippen molar-refractivity contribution in [2.24, 2.45) is 0 Å². The van der Waals surface area contributed by atoms with E-state index in [1.54, 1.807) is 6.07 Å². The summed E-state index contributed by atoms with van der Waals surface area (Å²) in [6.45, 7) is 0. The summed E-state index contributed by atoms with van der Waals surface area (Å²) in [5.74, 6) is -1.22. The molecule has 0 unspecified atom stereocenters. The number of aliphatic carboxylic acids is 1. The molecule has 6 heteroatoms. The number of carboxylic acid groups (broad SMARTS) is 1. The summed E-state index contributed by atoms with van der Waals surface area (Å²) in [5.41, 5.74) is 1.48. The molecule has 1 fully saturated rings. The molecule has 4 nitrogen and oxygen atoms in total. The van der Waals surface area contributed by atoms with Crippen molar-refractivity contribution >= 4 is 28.8 Å². The van der Waals surface area contributed by atoms with E-state index in [0.29, 0.717) is 16.7 Å². The molecule has 19 heavy (non-hydrogen) atoms. The standard InChI is InChI=1S/C13H13FN2O2S/c14-8-4-5-11-10(6-8)15-13(19-7-12(17)18)16(11)9-2-1-3-9/h4-6,9H,1-3,7H2,(H,17,18). The fourth-order valence-corrected chi connectivity index (χ4v) is 3.08. The molecule has 0 bridgehead atoms. The number of thioether (sulfide) groups is 1. The maximum absolute atomic E-state index is 13.2. The Kier molecular flexibility index (Phi) is 3.18. The van der Waals surface area contributed by atoms with Crippen LogP contribution in [0.1, 0.15) is 25.3 Å². The summed E-state index contributed by atoms with van der Waals surface area (Å²) < 4.78 is 15.3. The highest BCUT2D eigenvalue weighted by molar-refractivity contribution is 7.99. The van der Waals surface area contributed by atoms with E-state index in [1.807, 2.05) is 0 Å². The molecule has 0 atom stereocenters. The highest BCUT2D eigenvalue weighted by atomic mass is 32.2. The smallest absolute Gasteiger partial charge is 0.313 e. The van der Waals surface area contributed by atoms with Crippen molar-refractivity contribution in [1.82, 2.24) is 9.55 Å². The number of hydrogen-bond acceptors (Lipinski definition) is 3. The number of benzene rings is 1. The summed E-state index contributed by atoms with van der Waals surface area (Å²) in [6.07, 6.45) is 3.32. The van der Waals surface area contributed by atoms with Crippen LogP contribution in [0.2, 0.25) is 0 Å². The van der Waals surface area contributed by atoms with Crippen LogP contribution in [-0.2, 0) is 4.79 Å². The molecule has 0 saturated heterocycles. The third-order valence-electron chi connectivity index (χ3n) is 3.38. The van der Waals surface area contributed by atoms with Gasteiger partial charge in [0.25, 0.3) is 0 Å². The van der Waals surface area contributed by atoms with Gasteiger partial charge < -0.3 is 9.67 Å². The van der Waals surface area contributed by atoms with Crippen LogP contribution in [0.4, 0.5) is 4.39 Å². The minimum atomic E-state index is -0.872. The van der Waals surface area contributed by atoms with Crippen molar-refractivity contribution in [2.45, 2.75) is 30.5 Å². The van der Waals surface area contributed by atoms with Gasteiger partial charge in [0.1, 0.15) is 5.82 Å². The lowest BCUT2D eigenvalue weighted by atomic mass is 9.93. The molecule has 1 aliphatic carbocycles. The monoisotopic (exact) mass is 280 g/mol. The maximum Gasteiger partial charge on any atom is 0.313 e. The van der Waals surface area contributed by atoms with Gasteiger partial charge in [-0.15, -0.1) is 0 Å². The zero-order valence-corrected chi connectivity index (χ0v) is 11.0. The zero-order chi connectivity index (χ0) is 13.4. The van der Waals surface area contributed by atoms with Crippen LogP contribution in [0, 0.1) is 5.82 Å². The van der Waals surface area contributed by atoms with E-state index in [2.05, 4.69) is 9.55 Å². The molecule has 1 heterocycles. The van der Waals surface area contributed by atoms with E-state index >= 15 is 0 Å². The summed E-state index contributed by atoms with van der Waals surface area (Å²) in [5, 5.41) is 9.45. The highest BCUT2D eigenvalue weighted by Gasteiger charge is 2.25. The molecule has 1 aliphatic rings. The average molecular weight is 280 g/mol. The number of hydrogen-bond donors (Lipinski definition) is 1. The van der Waals surface area contributed by atoms with Gasteiger partial charge in [0, 0.05) is 12.1 Å². The van der Waals surface area contributed by atoms with Crippen molar-refractivity contribution in [2.75, 3.05) is 5.75 Å². The number of aromatic nitrogens is 2. The van der Waals surface area contributed by atoms with Gasteiger partial charge in [0.05, 0.1) is 16.8 Å². The Bertz CT molecular complexity index is 637. The first kappa shape index (κ1) is 12.5. The molecular formula is C13H13FN2O2S. The summed E-state index contributed by atoms with van der Waals surface area (Å²) in [6, 6.07) is 4.91. The lowest BCUT2D eigenvalue weighted by Gasteiger charge is -2.28. The van der Waals surface area contributed by atoms with Crippen LogP contribution < -0.4 is 0 Å². The largest absolute Gasteiger partial charge is 0.481 e. The van der Waals surface area contributed by atoms with Gasteiger partial charge in [-0.2, -0.15) is 0 Å². The SMILES string of the molecule is O=C(O)CSc1nc2cc(F)ccc2n1C1CCC1. The lowest BCUT2D eigenvalue weighted by Crippen LogP contribution is -2.18. The topological polar surface area (TPSA) is 55.1 Å². The Balaban J connectivity index is 2.04. The number of fused-ring (bicyclic) bond motifs is 1. The second kappa shape index (κ2) is 4.85. The number of rotatable bonds is 4. The molecule has 1 aromatic carbocycles. The van der Waals surface area contributed by atoms with E-state index in [4.69, 9.17) is 5.11 Å². The van der Waals surface area contributed by atoms with Gasteiger partial charge in [0.2, 0.25) is 0 Å². The molecule has 0 spiro atoms. The highest BCUT2D eigenvalue weighted by Crippen LogP contribution is 2.38. The van der Waals surface area contributed by atoms with Crippen LogP contribution in [0.25, 0.3) is 11.0 Å². The van der Waals surface area contributed by atoms with Crippen molar-refractivity contribution in [3.63, 3.8) is 0 Å². The molecular weight excluding hydrogens is 267 g/mol. The van der Waals surface area contributed by atoms with Gasteiger partial charge in [-0.05, 0) is 31.4 Å². The molecule has 1 aromatic heterocycles. The molecule has 0 radical (unpaired) electrons. The Hall–Kier alpha value is -1.56. The van der Waals surface area contributed by atoms with Crippen molar-refractivity contribution in [3.8, 4) is 0 Å². The molecule has 0 amide bonds. The van der Waals surface area contributed by atoms with Crippen LogP contribution in [-0.4, -0.2) is 26.4 Å². The molecule has 2 aromatic rings. The van der Waals surface area contributed by atoms with E-state index in [9.17, 15) is 9.18 Å². The third-order valence-corrected chi connectivity index (χ3v) is 4.32. The minimum absolute atomic E-state index is 0.0292. The minimum Gasteiger partial charge on any atom is -0.481 e. The Morgan fingerprint density at radius 1 is 1.53 bits per heavy atom. The first-order chi connectivity index (χ1) is 9.15.